The SMILES string of the molecule is COc1ccccc1C(=O)N(Cc1cccnc1)c1ccc(C)cc1. The Labute approximate surface area is 147 Å². The van der Waals surface area contributed by atoms with Gasteiger partial charge in [0.05, 0.1) is 19.2 Å². The summed E-state index contributed by atoms with van der Waals surface area (Å²) >= 11 is 0. The summed E-state index contributed by atoms with van der Waals surface area (Å²) in [7, 11) is 1.57. The van der Waals surface area contributed by atoms with Crippen molar-refractivity contribution in [1.29, 1.82) is 0 Å². The lowest BCUT2D eigenvalue weighted by atomic mass is 10.1. The van der Waals surface area contributed by atoms with Crippen LogP contribution in [0.4, 0.5) is 5.69 Å². The van der Waals surface area contributed by atoms with Crippen LogP contribution in [0.3, 0.4) is 0 Å². The van der Waals surface area contributed by atoms with Crippen LogP contribution < -0.4 is 9.64 Å². The lowest BCUT2D eigenvalue weighted by Gasteiger charge is -2.24. The molecule has 0 radical (unpaired) electrons. The monoisotopic (exact) mass is 332 g/mol. The third-order valence-corrected chi connectivity index (χ3v) is 3.99. The minimum absolute atomic E-state index is 0.106. The minimum atomic E-state index is -0.106. The number of para-hydroxylation sites is 1. The van der Waals surface area contributed by atoms with E-state index in [1.165, 1.54) is 0 Å². The van der Waals surface area contributed by atoms with Gasteiger partial charge < -0.3 is 9.64 Å². The summed E-state index contributed by atoms with van der Waals surface area (Å²) in [5, 5.41) is 0. The summed E-state index contributed by atoms with van der Waals surface area (Å²) in [5.41, 5.74) is 3.49. The van der Waals surface area contributed by atoms with E-state index in [0.29, 0.717) is 17.9 Å². The van der Waals surface area contributed by atoms with E-state index in [2.05, 4.69) is 4.98 Å². The third kappa shape index (κ3) is 3.86. The van der Waals surface area contributed by atoms with Crippen molar-refractivity contribution >= 4 is 11.6 Å². The Balaban J connectivity index is 2.00. The first-order valence-corrected chi connectivity index (χ1v) is 8.09. The number of anilines is 1. The van der Waals surface area contributed by atoms with Crippen LogP contribution >= 0.6 is 0 Å². The first-order chi connectivity index (χ1) is 12.2. The molecule has 25 heavy (non-hydrogen) atoms. The molecular formula is C21H20N2O2. The minimum Gasteiger partial charge on any atom is -0.496 e. The predicted octanol–water partition coefficient (Wildman–Crippen LogP) is 4.25. The molecule has 0 aliphatic carbocycles. The van der Waals surface area contributed by atoms with E-state index >= 15 is 0 Å². The fourth-order valence-corrected chi connectivity index (χ4v) is 2.65. The molecular weight excluding hydrogens is 312 g/mol. The first kappa shape index (κ1) is 16.7. The zero-order valence-corrected chi connectivity index (χ0v) is 14.3. The number of carbonyl (C=O) groups is 1. The lowest BCUT2D eigenvalue weighted by molar-refractivity contribution is 0.0982. The maximum atomic E-state index is 13.2. The van der Waals surface area contributed by atoms with Crippen molar-refractivity contribution in [2.75, 3.05) is 12.0 Å². The fourth-order valence-electron chi connectivity index (χ4n) is 2.65. The van der Waals surface area contributed by atoms with Gasteiger partial charge in [0.2, 0.25) is 0 Å². The second kappa shape index (κ2) is 7.62. The van der Waals surface area contributed by atoms with Gasteiger partial charge >= 0.3 is 0 Å². The Morgan fingerprint density at radius 2 is 1.80 bits per heavy atom. The fraction of sp³-hybridized carbons (Fsp3) is 0.143. The van der Waals surface area contributed by atoms with Crippen LogP contribution in [0, 0.1) is 6.92 Å². The maximum Gasteiger partial charge on any atom is 0.262 e. The molecule has 4 heteroatoms. The van der Waals surface area contributed by atoms with Gasteiger partial charge in [0.1, 0.15) is 5.75 Å². The second-order valence-electron chi connectivity index (χ2n) is 5.79. The quantitative estimate of drug-likeness (QED) is 0.701. The highest BCUT2D eigenvalue weighted by molar-refractivity contribution is 6.07. The molecule has 0 atom stereocenters. The Morgan fingerprint density at radius 1 is 1.04 bits per heavy atom. The van der Waals surface area contributed by atoms with E-state index in [-0.39, 0.29) is 5.91 Å². The van der Waals surface area contributed by atoms with Gasteiger partial charge in [-0.1, -0.05) is 35.9 Å². The van der Waals surface area contributed by atoms with Gasteiger partial charge in [0.25, 0.3) is 5.91 Å². The number of benzene rings is 2. The van der Waals surface area contributed by atoms with E-state index in [0.717, 1.165) is 16.8 Å². The van der Waals surface area contributed by atoms with E-state index in [9.17, 15) is 4.79 Å². The standard InChI is InChI=1S/C21H20N2O2/c1-16-9-11-18(12-10-16)23(15-17-6-5-13-22-14-17)21(24)19-7-3-4-8-20(19)25-2/h3-14H,15H2,1-2H3. The van der Waals surface area contributed by atoms with E-state index in [1.54, 1.807) is 36.5 Å². The molecule has 0 unspecified atom stereocenters. The summed E-state index contributed by atoms with van der Waals surface area (Å²) in [4.78, 5) is 19.1. The highest BCUT2D eigenvalue weighted by Gasteiger charge is 2.21. The lowest BCUT2D eigenvalue weighted by Crippen LogP contribution is -2.30. The topological polar surface area (TPSA) is 42.4 Å². The van der Waals surface area contributed by atoms with Gasteiger partial charge in [0.15, 0.2) is 0 Å². The average Bonchev–Trinajstić information content (AvgIpc) is 2.67. The number of amides is 1. The molecule has 4 nitrogen and oxygen atoms in total. The van der Waals surface area contributed by atoms with Crippen molar-refractivity contribution in [1.82, 2.24) is 4.98 Å². The normalized spacial score (nSPS) is 10.3. The number of carbonyl (C=O) groups excluding carboxylic acids is 1. The highest BCUT2D eigenvalue weighted by Crippen LogP contribution is 2.25. The van der Waals surface area contributed by atoms with Crippen LogP contribution in [0.2, 0.25) is 0 Å². The number of pyridine rings is 1. The molecule has 0 fully saturated rings. The van der Waals surface area contributed by atoms with Gasteiger partial charge in [-0.2, -0.15) is 0 Å². The van der Waals surface area contributed by atoms with Crippen molar-refractivity contribution in [3.05, 3.63) is 89.7 Å². The number of methoxy groups -OCH3 is 1. The van der Waals surface area contributed by atoms with Crippen LogP contribution in [-0.4, -0.2) is 18.0 Å². The zero-order chi connectivity index (χ0) is 17.6. The molecule has 1 aromatic heterocycles. The number of aryl methyl sites for hydroxylation is 1. The molecule has 0 aliphatic rings. The molecule has 0 saturated carbocycles. The first-order valence-electron chi connectivity index (χ1n) is 8.09. The Kier molecular flexibility index (Phi) is 5.09. The molecule has 0 saturated heterocycles. The van der Waals surface area contributed by atoms with Crippen LogP contribution in [0.25, 0.3) is 0 Å². The molecule has 0 N–H and O–H groups in total. The van der Waals surface area contributed by atoms with Crippen molar-refractivity contribution in [2.24, 2.45) is 0 Å². The van der Waals surface area contributed by atoms with Crippen molar-refractivity contribution in [3.8, 4) is 5.75 Å². The summed E-state index contributed by atoms with van der Waals surface area (Å²) in [6, 6.07) is 19.0. The summed E-state index contributed by atoms with van der Waals surface area (Å²) in [6.07, 6.45) is 3.50. The van der Waals surface area contributed by atoms with Gasteiger partial charge in [0, 0.05) is 18.1 Å². The number of rotatable bonds is 5. The Hall–Kier alpha value is -3.14. The largest absolute Gasteiger partial charge is 0.496 e. The molecule has 3 aromatic rings. The molecule has 126 valence electrons. The number of ether oxygens (including phenoxy) is 1. The van der Waals surface area contributed by atoms with E-state index in [4.69, 9.17) is 4.74 Å². The molecule has 1 amide bonds. The molecule has 0 spiro atoms. The van der Waals surface area contributed by atoms with Crippen LogP contribution in [0.1, 0.15) is 21.5 Å². The second-order valence-corrected chi connectivity index (χ2v) is 5.79. The average molecular weight is 332 g/mol. The zero-order valence-electron chi connectivity index (χ0n) is 14.3. The number of hydrogen-bond acceptors (Lipinski definition) is 3. The van der Waals surface area contributed by atoms with Crippen LogP contribution in [0.15, 0.2) is 73.1 Å². The summed E-state index contributed by atoms with van der Waals surface area (Å²) in [6.45, 7) is 2.46. The van der Waals surface area contributed by atoms with E-state index in [1.807, 2.05) is 55.5 Å². The molecule has 3 rings (SSSR count). The summed E-state index contributed by atoms with van der Waals surface area (Å²) < 4.78 is 5.36. The molecule has 0 aliphatic heterocycles. The number of aromatic nitrogens is 1. The Bertz CT molecular complexity index is 845. The van der Waals surface area contributed by atoms with Crippen molar-refractivity contribution < 1.29 is 9.53 Å². The smallest absolute Gasteiger partial charge is 0.262 e. The van der Waals surface area contributed by atoms with Crippen LogP contribution in [0.5, 0.6) is 5.75 Å². The maximum absolute atomic E-state index is 13.2. The van der Waals surface area contributed by atoms with Crippen molar-refractivity contribution in [3.63, 3.8) is 0 Å². The van der Waals surface area contributed by atoms with Gasteiger partial charge in [-0.15, -0.1) is 0 Å². The molecule has 1 heterocycles. The number of hydrogen-bond donors (Lipinski definition) is 0. The Morgan fingerprint density at radius 3 is 2.48 bits per heavy atom. The van der Waals surface area contributed by atoms with Gasteiger partial charge in [-0.3, -0.25) is 9.78 Å². The predicted molar refractivity (Wildman–Crippen MR) is 98.9 cm³/mol. The molecule has 0 bridgehead atoms. The summed E-state index contributed by atoms with van der Waals surface area (Å²) in [5.74, 6) is 0.459. The van der Waals surface area contributed by atoms with Crippen LogP contribution in [-0.2, 0) is 6.54 Å². The van der Waals surface area contributed by atoms with E-state index < -0.39 is 0 Å². The van der Waals surface area contributed by atoms with Gasteiger partial charge in [-0.05, 0) is 42.8 Å². The highest BCUT2D eigenvalue weighted by atomic mass is 16.5. The van der Waals surface area contributed by atoms with Crippen molar-refractivity contribution in [2.45, 2.75) is 13.5 Å². The molecule has 2 aromatic carbocycles. The number of nitrogens with zero attached hydrogens (tertiary/aromatic N) is 2. The third-order valence-electron chi connectivity index (χ3n) is 3.99. The van der Waals surface area contributed by atoms with Gasteiger partial charge in [-0.25, -0.2) is 0 Å².